The number of nitrogens with zero attached hydrogens (tertiary/aromatic N) is 1. The number of hydrogen-bond donors (Lipinski definition) is 0. The summed E-state index contributed by atoms with van der Waals surface area (Å²) >= 11 is 0. The number of benzene rings is 3. The van der Waals surface area contributed by atoms with Crippen molar-refractivity contribution < 1.29 is 4.39 Å². The molecule has 3 aromatic carbocycles. The lowest BCUT2D eigenvalue weighted by molar-refractivity contribution is 0.621. The van der Waals surface area contributed by atoms with E-state index >= 15 is 0 Å². The molecule has 0 saturated heterocycles. The molecule has 4 rings (SSSR count). The van der Waals surface area contributed by atoms with Gasteiger partial charge in [0.05, 0.1) is 16.7 Å². The van der Waals surface area contributed by atoms with Gasteiger partial charge in [0.25, 0.3) is 0 Å². The topological polar surface area (TPSA) is 22.0 Å². The van der Waals surface area contributed by atoms with Crippen LogP contribution in [0.3, 0.4) is 0 Å². The van der Waals surface area contributed by atoms with E-state index in [-0.39, 0.29) is 11.2 Å². The van der Waals surface area contributed by atoms with Crippen LogP contribution in [-0.2, 0) is 0 Å². The van der Waals surface area contributed by atoms with E-state index in [2.05, 4.69) is 0 Å². The summed E-state index contributed by atoms with van der Waals surface area (Å²) in [5.74, 6) is -0.318. The van der Waals surface area contributed by atoms with E-state index in [0.717, 1.165) is 0 Å². The van der Waals surface area contributed by atoms with Crippen molar-refractivity contribution in [2.75, 3.05) is 0 Å². The van der Waals surface area contributed by atoms with Crippen LogP contribution in [0.5, 0.6) is 0 Å². The maximum Gasteiger partial charge on any atom is 0.197 e. The number of rotatable bonds is 1. The van der Waals surface area contributed by atoms with Gasteiger partial charge in [-0.3, -0.25) is 4.79 Å². The van der Waals surface area contributed by atoms with Gasteiger partial charge in [-0.05, 0) is 36.4 Å². The maximum absolute atomic E-state index is 14.3. The summed E-state index contributed by atoms with van der Waals surface area (Å²) in [6, 6.07) is 21.2. The monoisotopic (exact) mass is 289 g/mol. The molecule has 0 unspecified atom stereocenters. The zero-order valence-electron chi connectivity index (χ0n) is 11.7. The maximum atomic E-state index is 14.3. The van der Waals surface area contributed by atoms with Crippen molar-refractivity contribution in [1.29, 1.82) is 0 Å². The molecule has 0 aliphatic rings. The second-order valence-electron chi connectivity index (χ2n) is 5.15. The Labute approximate surface area is 126 Å². The van der Waals surface area contributed by atoms with Gasteiger partial charge >= 0.3 is 0 Å². The molecule has 1 aromatic heterocycles. The van der Waals surface area contributed by atoms with Gasteiger partial charge in [0.1, 0.15) is 5.82 Å². The number of fused-ring (bicyclic) bond motifs is 2. The van der Waals surface area contributed by atoms with E-state index in [4.69, 9.17) is 0 Å². The summed E-state index contributed by atoms with van der Waals surface area (Å²) in [7, 11) is 0. The van der Waals surface area contributed by atoms with Crippen molar-refractivity contribution >= 4 is 21.8 Å². The van der Waals surface area contributed by atoms with Gasteiger partial charge < -0.3 is 4.57 Å². The predicted molar refractivity (Wildman–Crippen MR) is 87.0 cm³/mol. The Kier molecular flexibility index (Phi) is 2.79. The number of halogens is 1. The fourth-order valence-corrected chi connectivity index (χ4v) is 2.89. The average molecular weight is 289 g/mol. The molecule has 0 atom stereocenters. The molecule has 0 aliphatic carbocycles. The fourth-order valence-electron chi connectivity index (χ4n) is 2.89. The molecule has 3 heteroatoms. The molecule has 1 heterocycles. The molecular formula is C19H12FNO. The summed E-state index contributed by atoms with van der Waals surface area (Å²) in [5, 5.41) is 1.17. The lowest BCUT2D eigenvalue weighted by Crippen LogP contribution is -2.11. The first kappa shape index (κ1) is 12.8. The Bertz CT molecular complexity index is 1010. The number of hydrogen-bond acceptors (Lipinski definition) is 1. The van der Waals surface area contributed by atoms with Crippen molar-refractivity contribution in [2.24, 2.45) is 0 Å². The lowest BCUT2D eigenvalue weighted by Gasteiger charge is -2.15. The molecule has 0 aliphatic heterocycles. The molecule has 0 radical (unpaired) electrons. The fraction of sp³-hybridized carbons (Fsp3) is 0. The van der Waals surface area contributed by atoms with Crippen molar-refractivity contribution in [3.05, 3.63) is 88.8 Å². The summed E-state index contributed by atoms with van der Waals surface area (Å²) in [6.07, 6.45) is 0. The van der Waals surface area contributed by atoms with Crippen LogP contribution in [0, 0.1) is 5.82 Å². The first-order chi connectivity index (χ1) is 10.8. The summed E-state index contributed by atoms with van der Waals surface area (Å²) in [5.41, 5.74) is 1.82. The quantitative estimate of drug-likeness (QED) is 0.479. The molecule has 2 nitrogen and oxygen atoms in total. The minimum absolute atomic E-state index is 0.0289. The highest BCUT2D eigenvalue weighted by Gasteiger charge is 2.13. The highest BCUT2D eigenvalue weighted by molar-refractivity contribution is 5.95. The van der Waals surface area contributed by atoms with Crippen molar-refractivity contribution in [3.8, 4) is 5.69 Å². The summed E-state index contributed by atoms with van der Waals surface area (Å²) in [6.45, 7) is 0. The first-order valence-electron chi connectivity index (χ1n) is 7.05. The highest BCUT2D eigenvalue weighted by Crippen LogP contribution is 2.25. The van der Waals surface area contributed by atoms with Gasteiger partial charge in [0, 0.05) is 10.8 Å². The van der Waals surface area contributed by atoms with E-state index in [9.17, 15) is 9.18 Å². The molecule has 106 valence electrons. The lowest BCUT2D eigenvalue weighted by atomic mass is 10.1. The summed E-state index contributed by atoms with van der Waals surface area (Å²) < 4.78 is 16.1. The molecular weight excluding hydrogens is 277 g/mol. The Morgan fingerprint density at radius 2 is 1.18 bits per heavy atom. The average Bonchev–Trinajstić information content (AvgIpc) is 2.57. The Morgan fingerprint density at radius 1 is 0.682 bits per heavy atom. The van der Waals surface area contributed by atoms with Crippen LogP contribution in [0.25, 0.3) is 27.5 Å². The largest absolute Gasteiger partial charge is 0.306 e. The van der Waals surface area contributed by atoms with Gasteiger partial charge in [-0.1, -0.05) is 36.4 Å². The third kappa shape index (κ3) is 1.76. The zero-order valence-corrected chi connectivity index (χ0v) is 11.7. The van der Waals surface area contributed by atoms with Crippen LogP contribution in [0.2, 0.25) is 0 Å². The Hall–Kier alpha value is -2.94. The first-order valence-corrected chi connectivity index (χ1v) is 7.05. The van der Waals surface area contributed by atoms with Crippen LogP contribution >= 0.6 is 0 Å². The van der Waals surface area contributed by atoms with E-state index in [1.807, 2.05) is 36.4 Å². The minimum atomic E-state index is -0.318. The summed E-state index contributed by atoms with van der Waals surface area (Å²) in [4.78, 5) is 12.6. The zero-order chi connectivity index (χ0) is 15.1. The van der Waals surface area contributed by atoms with Gasteiger partial charge in [-0.2, -0.15) is 0 Å². The molecule has 4 aromatic rings. The van der Waals surface area contributed by atoms with Crippen LogP contribution in [0.15, 0.2) is 77.6 Å². The minimum Gasteiger partial charge on any atom is -0.306 e. The van der Waals surface area contributed by atoms with Crippen molar-refractivity contribution in [1.82, 2.24) is 4.57 Å². The molecule has 0 N–H and O–H groups in total. The van der Waals surface area contributed by atoms with Crippen LogP contribution in [0.4, 0.5) is 4.39 Å². The van der Waals surface area contributed by atoms with Crippen LogP contribution in [-0.4, -0.2) is 4.57 Å². The molecule has 0 spiro atoms. The number of aromatic nitrogens is 1. The smallest absolute Gasteiger partial charge is 0.197 e. The number of para-hydroxylation sites is 3. The van der Waals surface area contributed by atoms with Gasteiger partial charge in [-0.15, -0.1) is 0 Å². The van der Waals surface area contributed by atoms with Gasteiger partial charge in [-0.25, -0.2) is 4.39 Å². The third-order valence-corrected chi connectivity index (χ3v) is 3.87. The van der Waals surface area contributed by atoms with E-state index in [1.165, 1.54) is 6.07 Å². The van der Waals surface area contributed by atoms with Gasteiger partial charge in [0.15, 0.2) is 5.43 Å². The van der Waals surface area contributed by atoms with Crippen molar-refractivity contribution in [3.63, 3.8) is 0 Å². The van der Waals surface area contributed by atoms with Crippen molar-refractivity contribution in [2.45, 2.75) is 0 Å². The highest BCUT2D eigenvalue weighted by atomic mass is 19.1. The third-order valence-electron chi connectivity index (χ3n) is 3.87. The van der Waals surface area contributed by atoms with E-state index in [1.54, 1.807) is 34.9 Å². The molecule has 0 bridgehead atoms. The molecule has 0 saturated carbocycles. The second kappa shape index (κ2) is 4.81. The Balaban J connectivity index is 2.32. The molecule has 22 heavy (non-hydrogen) atoms. The standard InChI is InChI=1S/C19H12FNO/c20-15-9-3-6-12-18(15)21-16-10-4-1-7-13(16)19(22)14-8-2-5-11-17(14)21/h1-12H. The SMILES string of the molecule is O=c1c2ccccc2n(-c2ccccc2F)c2ccccc12. The second-order valence-corrected chi connectivity index (χ2v) is 5.15. The normalized spacial score (nSPS) is 11.1. The number of pyridine rings is 1. The predicted octanol–water partition coefficient (Wildman–Crippen LogP) is 4.28. The molecule has 0 fully saturated rings. The van der Waals surface area contributed by atoms with Crippen LogP contribution < -0.4 is 5.43 Å². The Morgan fingerprint density at radius 3 is 1.77 bits per heavy atom. The molecule has 0 amide bonds. The van der Waals surface area contributed by atoms with Crippen LogP contribution in [0.1, 0.15) is 0 Å². The van der Waals surface area contributed by atoms with E-state index in [0.29, 0.717) is 27.5 Å². The van der Waals surface area contributed by atoms with Gasteiger partial charge in [0.2, 0.25) is 0 Å². The van der Waals surface area contributed by atoms with E-state index < -0.39 is 0 Å².